The number of aromatic nitrogens is 3. The van der Waals surface area contributed by atoms with Crippen molar-refractivity contribution in [1.29, 1.82) is 0 Å². The number of alkyl halides is 6. The molecular weight excluding hydrogens is 442 g/mol. The second-order valence-electron chi connectivity index (χ2n) is 6.80. The van der Waals surface area contributed by atoms with E-state index in [1.165, 1.54) is 19.2 Å². The lowest BCUT2D eigenvalue weighted by molar-refractivity contribution is -0.138. The average molecular weight is 458 g/mol. The number of carbonyl (C=O) groups excluding carboxylic acids is 1. The van der Waals surface area contributed by atoms with Crippen molar-refractivity contribution in [3.05, 3.63) is 75.7 Å². The molecule has 1 amide bonds. The Labute approximate surface area is 177 Å². The van der Waals surface area contributed by atoms with Gasteiger partial charge in [0.15, 0.2) is 5.82 Å². The van der Waals surface area contributed by atoms with Gasteiger partial charge in [0.05, 0.1) is 17.7 Å². The lowest BCUT2D eigenvalue weighted by Crippen LogP contribution is -2.31. The van der Waals surface area contributed by atoms with Crippen LogP contribution < -0.4 is 11.0 Å². The third-order valence-electron chi connectivity index (χ3n) is 4.57. The molecule has 1 aromatic heterocycles. The van der Waals surface area contributed by atoms with Crippen LogP contribution in [0.4, 0.5) is 26.3 Å². The quantitative estimate of drug-likeness (QED) is 0.593. The summed E-state index contributed by atoms with van der Waals surface area (Å²) in [5.74, 6) is -0.643. The van der Waals surface area contributed by atoms with E-state index in [1.807, 2.05) is 0 Å². The molecule has 0 radical (unpaired) electrons. The topological polar surface area (TPSA) is 68.9 Å². The summed E-state index contributed by atoms with van der Waals surface area (Å²) in [6.45, 7) is -0.184. The van der Waals surface area contributed by atoms with Crippen LogP contribution in [-0.2, 0) is 25.9 Å². The van der Waals surface area contributed by atoms with Crippen LogP contribution in [0.1, 0.15) is 21.5 Å². The fourth-order valence-electron chi connectivity index (χ4n) is 2.91. The zero-order valence-corrected chi connectivity index (χ0v) is 16.5. The molecule has 0 unspecified atom stereocenters. The molecule has 32 heavy (non-hydrogen) atoms. The van der Waals surface area contributed by atoms with Crippen molar-refractivity contribution in [3.8, 4) is 11.4 Å². The molecule has 1 N–H and O–H groups in total. The van der Waals surface area contributed by atoms with Crippen molar-refractivity contribution in [2.24, 2.45) is 7.05 Å². The van der Waals surface area contributed by atoms with E-state index in [2.05, 4.69) is 10.4 Å². The number of nitrogens with one attached hydrogen (secondary N) is 1. The van der Waals surface area contributed by atoms with Crippen LogP contribution in [0.2, 0.25) is 0 Å². The predicted molar refractivity (Wildman–Crippen MR) is 102 cm³/mol. The summed E-state index contributed by atoms with van der Waals surface area (Å²) in [4.78, 5) is 24.4. The van der Waals surface area contributed by atoms with Crippen LogP contribution in [0.15, 0.2) is 53.3 Å². The SMILES string of the molecule is Cn1c(-c2cccc(C(F)(F)F)c2)nn(CCNC(=O)c2ccc(C(F)(F)F)cc2)c1=O. The highest BCUT2D eigenvalue weighted by atomic mass is 19.4. The smallest absolute Gasteiger partial charge is 0.350 e. The lowest BCUT2D eigenvalue weighted by atomic mass is 10.1. The van der Waals surface area contributed by atoms with Crippen molar-refractivity contribution < 1.29 is 31.1 Å². The highest BCUT2D eigenvalue weighted by molar-refractivity contribution is 5.94. The van der Waals surface area contributed by atoms with Crippen molar-refractivity contribution >= 4 is 5.91 Å². The number of hydrogen-bond donors (Lipinski definition) is 1. The third kappa shape index (κ3) is 5.01. The van der Waals surface area contributed by atoms with Gasteiger partial charge in [0, 0.05) is 24.7 Å². The van der Waals surface area contributed by atoms with E-state index in [9.17, 15) is 35.9 Å². The maximum Gasteiger partial charge on any atom is 0.416 e. The molecule has 3 rings (SSSR count). The largest absolute Gasteiger partial charge is 0.416 e. The first-order valence-electron chi connectivity index (χ1n) is 9.15. The van der Waals surface area contributed by atoms with Gasteiger partial charge in [-0.25, -0.2) is 9.48 Å². The van der Waals surface area contributed by atoms with Crippen LogP contribution in [0, 0.1) is 0 Å². The highest BCUT2D eigenvalue weighted by Crippen LogP contribution is 2.31. The third-order valence-corrected chi connectivity index (χ3v) is 4.57. The van der Waals surface area contributed by atoms with E-state index in [0.717, 1.165) is 45.6 Å². The molecule has 0 aliphatic carbocycles. The number of halogens is 6. The summed E-state index contributed by atoms with van der Waals surface area (Å²) >= 11 is 0. The van der Waals surface area contributed by atoms with E-state index >= 15 is 0 Å². The zero-order chi connectivity index (χ0) is 23.7. The van der Waals surface area contributed by atoms with Gasteiger partial charge in [0.2, 0.25) is 0 Å². The van der Waals surface area contributed by atoms with E-state index in [-0.39, 0.29) is 30.0 Å². The fourth-order valence-corrected chi connectivity index (χ4v) is 2.91. The molecule has 12 heteroatoms. The Hall–Kier alpha value is -3.57. The van der Waals surface area contributed by atoms with Crippen LogP contribution in [-0.4, -0.2) is 26.8 Å². The maximum atomic E-state index is 12.9. The number of rotatable bonds is 5. The van der Waals surface area contributed by atoms with Gasteiger partial charge in [-0.05, 0) is 36.4 Å². The van der Waals surface area contributed by atoms with Gasteiger partial charge in [-0.15, -0.1) is 5.10 Å². The van der Waals surface area contributed by atoms with Crippen LogP contribution in [0.5, 0.6) is 0 Å². The number of benzene rings is 2. The van der Waals surface area contributed by atoms with Crippen LogP contribution >= 0.6 is 0 Å². The highest BCUT2D eigenvalue weighted by Gasteiger charge is 2.31. The number of nitrogens with zero attached hydrogens (tertiary/aromatic N) is 3. The molecule has 0 aliphatic heterocycles. The summed E-state index contributed by atoms with van der Waals surface area (Å²) in [5, 5.41) is 6.49. The summed E-state index contributed by atoms with van der Waals surface area (Å²) in [6, 6.07) is 7.96. The molecular formula is C20H16F6N4O2. The molecule has 0 saturated carbocycles. The first-order chi connectivity index (χ1) is 14.9. The predicted octanol–water partition coefficient (Wildman–Crippen LogP) is 3.72. The molecule has 1 heterocycles. The second kappa shape index (κ2) is 8.52. The standard InChI is InChI=1S/C20H16F6N4O2/c1-29-16(13-3-2-4-15(11-13)20(24,25)26)28-30(18(29)32)10-9-27-17(31)12-5-7-14(8-6-12)19(21,22)23/h2-8,11H,9-10H2,1H3,(H,27,31). The van der Waals surface area contributed by atoms with Gasteiger partial charge >= 0.3 is 18.0 Å². The van der Waals surface area contributed by atoms with Gasteiger partial charge in [-0.3, -0.25) is 9.36 Å². The van der Waals surface area contributed by atoms with Gasteiger partial charge < -0.3 is 5.32 Å². The second-order valence-corrected chi connectivity index (χ2v) is 6.80. The Morgan fingerprint density at radius 3 is 2.19 bits per heavy atom. The molecule has 0 spiro atoms. The summed E-state index contributed by atoms with van der Waals surface area (Å²) in [6.07, 6.45) is -9.08. The van der Waals surface area contributed by atoms with Crippen molar-refractivity contribution in [2.45, 2.75) is 18.9 Å². The maximum absolute atomic E-state index is 12.9. The summed E-state index contributed by atoms with van der Waals surface area (Å²) < 4.78 is 78.6. The molecule has 6 nitrogen and oxygen atoms in total. The Bertz CT molecular complexity index is 1180. The minimum atomic E-state index is -4.56. The van der Waals surface area contributed by atoms with E-state index in [4.69, 9.17) is 0 Å². The molecule has 3 aromatic rings. The van der Waals surface area contributed by atoms with Gasteiger partial charge in [-0.2, -0.15) is 26.3 Å². The fraction of sp³-hybridized carbons (Fsp3) is 0.250. The van der Waals surface area contributed by atoms with Crippen molar-refractivity contribution in [1.82, 2.24) is 19.7 Å². The van der Waals surface area contributed by atoms with Gasteiger partial charge in [0.25, 0.3) is 5.91 Å². The minimum Gasteiger partial charge on any atom is -0.350 e. The average Bonchev–Trinajstić information content (AvgIpc) is 3.01. The Balaban J connectivity index is 1.69. The Morgan fingerprint density at radius 1 is 0.969 bits per heavy atom. The van der Waals surface area contributed by atoms with E-state index < -0.39 is 35.1 Å². The lowest BCUT2D eigenvalue weighted by Gasteiger charge is -2.08. The number of hydrogen-bond acceptors (Lipinski definition) is 3. The Morgan fingerprint density at radius 2 is 1.59 bits per heavy atom. The van der Waals surface area contributed by atoms with Gasteiger partial charge in [0.1, 0.15) is 0 Å². The first kappa shape index (κ1) is 23.1. The minimum absolute atomic E-state index is 0.00368. The zero-order valence-electron chi connectivity index (χ0n) is 16.5. The van der Waals surface area contributed by atoms with Gasteiger partial charge in [-0.1, -0.05) is 12.1 Å². The Kier molecular flexibility index (Phi) is 6.15. The van der Waals surface area contributed by atoms with Crippen LogP contribution in [0.25, 0.3) is 11.4 Å². The molecule has 2 aromatic carbocycles. The molecule has 0 atom stereocenters. The summed E-state index contributed by atoms with van der Waals surface area (Å²) in [7, 11) is 1.35. The number of carbonyl (C=O) groups is 1. The molecule has 0 fully saturated rings. The summed E-state index contributed by atoms with van der Waals surface area (Å²) in [5.41, 5.74) is -2.30. The van der Waals surface area contributed by atoms with Crippen molar-refractivity contribution in [3.63, 3.8) is 0 Å². The monoisotopic (exact) mass is 458 g/mol. The van der Waals surface area contributed by atoms with Crippen molar-refractivity contribution in [2.75, 3.05) is 6.54 Å². The molecule has 0 saturated heterocycles. The first-order valence-corrected chi connectivity index (χ1v) is 9.15. The molecule has 0 aliphatic rings. The van der Waals surface area contributed by atoms with E-state index in [0.29, 0.717) is 0 Å². The molecule has 0 bridgehead atoms. The van der Waals surface area contributed by atoms with E-state index in [1.54, 1.807) is 0 Å². The number of amides is 1. The normalized spacial score (nSPS) is 12.1. The molecule has 170 valence electrons. The van der Waals surface area contributed by atoms with Crippen LogP contribution in [0.3, 0.4) is 0 Å².